The molecule has 0 spiro atoms. The number of aromatic nitrogens is 4. The maximum atomic E-state index is 12.7. The first-order chi connectivity index (χ1) is 10.6. The van der Waals surface area contributed by atoms with Crippen molar-refractivity contribution in [3.05, 3.63) is 35.9 Å². The minimum Gasteiger partial charge on any atom is -0.364 e. The molecule has 0 aliphatic carbocycles. The molecule has 0 radical (unpaired) electrons. The Labute approximate surface area is 126 Å². The van der Waals surface area contributed by atoms with Gasteiger partial charge in [-0.3, -0.25) is 4.57 Å². The number of pyridine rings is 1. The van der Waals surface area contributed by atoms with Gasteiger partial charge in [-0.05, 0) is 22.6 Å². The van der Waals surface area contributed by atoms with E-state index in [1.165, 1.54) is 21.3 Å². The van der Waals surface area contributed by atoms with Crippen molar-refractivity contribution in [2.75, 3.05) is 21.3 Å². The topological polar surface area (TPSA) is 87.8 Å². The average molecular weight is 322 g/mol. The average Bonchev–Trinajstić information content (AvgIpc) is 3.05. The van der Waals surface area contributed by atoms with Crippen LogP contribution in [0.2, 0.25) is 0 Å². The minimum absolute atomic E-state index is 0.444. The van der Waals surface area contributed by atoms with E-state index in [2.05, 4.69) is 15.5 Å². The molecular formula is C13H15N4O4P. The molecule has 1 aromatic carbocycles. The fraction of sp³-hybridized carbons (Fsp3) is 0.308. The van der Waals surface area contributed by atoms with Crippen LogP contribution in [0.15, 0.2) is 30.3 Å². The molecule has 0 saturated heterocycles. The van der Waals surface area contributed by atoms with Gasteiger partial charge in [0, 0.05) is 32.3 Å². The van der Waals surface area contributed by atoms with Crippen LogP contribution >= 0.6 is 7.60 Å². The Morgan fingerprint density at radius 1 is 1.18 bits per heavy atom. The molecule has 22 heavy (non-hydrogen) atoms. The van der Waals surface area contributed by atoms with Crippen molar-refractivity contribution in [2.24, 2.45) is 0 Å². The van der Waals surface area contributed by atoms with Crippen LogP contribution in [0, 0.1) is 0 Å². The number of hydrogen-bond acceptors (Lipinski definition) is 7. The summed E-state index contributed by atoms with van der Waals surface area (Å²) in [6, 6.07) is 9.44. The van der Waals surface area contributed by atoms with E-state index in [9.17, 15) is 4.57 Å². The summed E-state index contributed by atoms with van der Waals surface area (Å²) in [4.78, 5) is 0. The largest absolute Gasteiger partial charge is 0.364 e. The molecule has 2 aromatic heterocycles. The van der Waals surface area contributed by atoms with Crippen molar-refractivity contribution in [1.82, 2.24) is 20.0 Å². The van der Waals surface area contributed by atoms with E-state index in [1.54, 1.807) is 4.52 Å². The van der Waals surface area contributed by atoms with Crippen molar-refractivity contribution in [3.63, 3.8) is 0 Å². The quantitative estimate of drug-likeness (QED) is 0.666. The molecule has 0 aliphatic heterocycles. The summed E-state index contributed by atoms with van der Waals surface area (Å²) >= 11 is 0. The van der Waals surface area contributed by atoms with Crippen LogP contribution < -0.4 is 0 Å². The maximum Gasteiger partial charge on any atom is 0.363 e. The highest BCUT2D eigenvalue weighted by Gasteiger charge is 2.38. The molecule has 0 amide bonds. The third-order valence-corrected chi connectivity index (χ3v) is 5.57. The Kier molecular flexibility index (Phi) is 3.92. The molecule has 0 bridgehead atoms. The number of methoxy groups -OCH3 is 1. The summed E-state index contributed by atoms with van der Waals surface area (Å²) in [5.74, 6) is -0.930. The van der Waals surface area contributed by atoms with Crippen molar-refractivity contribution < 1.29 is 18.3 Å². The molecule has 1 unspecified atom stereocenters. The molecule has 3 rings (SSSR count). The summed E-state index contributed by atoms with van der Waals surface area (Å²) in [5.41, 5.74) is 1.82. The molecule has 8 nitrogen and oxygen atoms in total. The summed E-state index contributed by atoms with van der Waals surface area (Å²) in [6.07, 6.45) is 0. The highest BCUT2D eigenvalue weighted by Crippen LogP contribution is 2.60. The zero-order valence-electron chi connectivity index (χ0n) is 12.3. The van der Waals surface area contributed by atoms with Gasteiger partial charge in [0.15, 0.2) is 11.5 Å². The Bertz CT molecular complexity index is 857. The van der Waals surface area contributed by atoms with Crippen LogP contribution in [0.1, 0.15) is 11.4 Å². The second-order valence-corrected chi connectivity index (χ2v) is 6.84. The Morgan fingerprint density at radius 2 is 1.91 bits per heavy atom. The molecular weight excluding hydrogens is 307 g/mol. The number of rotatable bonds is 5. The van der Waals surface area contributed by atoms with Crippen LogP contribution in [-0.2, 0) is 18.3 Å². The Hall–Kier alpha value is -1.86. The lowest BCUT2D eigenvalue weighted by Crippen LogP contribution is -2.08. The van der Waals surface area contributed by atoms with Gasteiger partial charge in [0.1, 0.15) is 0 Å². The van der Waals surface area contributed by atoms with Crippen molar-refractivity contribution in [2.45, 2.75) is 5.85 Å². The molecule has 2 heterocycles. The number of ether oxygens (including phenoxy) is 1. The van der Waals surface area contributed by atoms with Gasteiger partial charge in [-0.2, -0.15) is 4.52 Å². The molecule has 116 valence electrons. The summed E-state index contributed by atoms with van der Waals surface area (Å²) in [7, 11) is 0.565. The highest BCUT2D eigenvalue weighted by molar-refractivity contribution is 7.54. The second-order valence-electron chi connectivity index (χ2n) is 4.57. The lowest BCUT2D eigenvalue weighted by molar-refractivity contribution is 0.124. The zero-order valence-corrected chi connectivity index (χ0v) is 13.2. The van der Waals surface area contributed by atoms with Gasteiger partial charge in [0.05, 0.1) is 5.52 Å². The van der Waals surface area contributed by atoms with E-state index in [4.69, 9.17) is 13.8 Å². The van der Waals surface area contributed by atoms with Gasteiger partial charge in [0.25, 0.3) is 0 Å². The summed E-state index contributed by atoms with van der Waals surface area (Å²) in [6.45, 7) is 0. The van der Waals surface area contributed by atoms with E-state index >= 15 is 0 Å². The van der Waals surface area contributed by atoms with Gasteiger partial charge < -0.3 is 13.8 Å². The number of nitrogens with zero attached hydrogens (tertiary/aromatic N) is 4. The normalized spacial score (nSPS) is 13.8. The summed E-state index contributed by atoms with van der Waals surface area (Å²) < 4.78 is 29.8. The SMILES string of the molecule is COC(c1cc2ccccc2n2nnnc12)P(=O)(OC)OC. The highest BCUT2D eigenvalue weighted by atomic mass is 31.2. The van der Waals surface area contributed by atoms with Crippen LogP contribution in [0.25, 0.3) is 16.6 Å². The summed E-state index contributed by atoms with van der Waals surface area (Å²) in [5, 5.41) is 12.6. The third-order valence-electron chi connectivity index (χ3n) is 3.49. The van der Waals surface area contributed by atoms with E-state index in [-0.39, 0.29) is 0 Å². The smallest absolute Gasteiger partial charge is 0.363 e. The molecule has 0 saturated carbocycles. The number of fused-ring (bicyclic) bond motifs is 3. The number of para-hydroxylation sites is 1. The molecule has 1 atom stereocenters. The van der Waals surface area contributed by atoms with Gasteiger partial charge in [-0.25, -0.2) is 0 Å². The fourth-order valence-electron chi connectivity index (χ4n) is 2.44. The lowest BCUT2D eigenvalue weighted by Gasteiger charge is -2.23. The number of benzene rings is 1. The first-order valence-electron chi connectivity index (χ1n) is 6.48. The van der Waals surface area contributed by atoms with Crippen LogP contribution in [-0.4, -0.2) is 41.4 Å². The fourth-order valence-corrected chi connectivity index (χ4v) is 3.76. The molecule has 0 fully saturated rings. The zero-order chi connectivity index (χ0) is 15.7. The van der Waals surface area contributed by atoms with Gasteiger partial charge in [-0.1, -0.05) is 18.2 Å². The monoisotopic (exact) mass is 322 g/mol. The third kappa shape index (κ3) is 2.21. The predicted molar refractivity (Wildman–Crippen MR) is 79.7 cm³/mol. The standard InChI is InChI=1S/C13H15N4O4P/c1-19-13(22(18,20-2)21-3)10-8-9-6-4-5-7-11(9)17-12(10)14-15-16-17/h4-8,13H,1-3H3. The van der Waals surface area contributed by atoms with E-state index in [0.717, 1.165) is 10.9 Å². The van der Waals surface area contributed by atoms with E-state index in [0.29, 0.717) is 11.2 Å². The van der Waals surface area contributed by atoms with Crippen LogP contribution in [0.5, 0.6) is 0 Å². The lowest BCUT2D eigenvalue weighted by atomic mass is 10.1. The van der Waals surface area contributed by atoms with Gasteiger partial charge in [-0.15, -0.1) is 5.10 Å². The van der Waals surface area contributed by atoms with Crippen LogP contribution in [0.4, 0.5) is 0 Å². The molecule has 0 N–H and O–H groups in total. The van der Waals surface area contributed by atoms with E-state index in [1.807, 2.05) is 30.3 Å². The number of hydrogen-bond donors (Lipinski definition) is 0. The first kappa shape index (κ1) is 15.1. The van der Waals surface area contributed by atoms with Crippen molar-refractivity contribution in [3.8, 4) is 0 Å². The Balaban J connectivity index is 2.32. The molecule has 9 heteroatoms. The number of tetrazole rings is 1. The first-order valence-corrected chi connectivity index (χ1v) is 8.09. The van der Waals surface area contributed by atoms with Crippen molar-refractivity contribution >= 4 is 24.1 Å². The van der Waals surface area contributed by atoms with Crippen LogP contribution in [0.3, 0.4) is 0 Å². The van der Waals surface area contributed by atoms with E-state index < -0.39 is 13.4 Å². The molecule has 3 aromatic rings. The van der Waals surface area contributed by atoms with Crippen molar-refractivity contribution in [1.29, 1.82) is 0 Å². The Morgan fingerprint density at radius 3 is 2.59 bits per heavy atom. The van der Waals surface area contributed by atoms with Gasteiger partial charge in [0.2, 0.25) is 0 Å². The second kappa shape index (κ2) is 5.73. The predicted octanol–water partition coefficient (Wildman–Crippen LogP) is 2.41. The minimum atomic E-state index is -3.50. The maximum absolute atomic E-state index is 12.7. The van der Waals surface area contributed by atoms with Gasteiger partial charge >= 0.3 is 7.60 Å². The molecule has 0 aliphatic rings.